The van der Waals surface area contributed by atoms with Crippen LogP contribution in [0, 0.1) is 0 Å². The molecule has 1 atom stereocenters. The molecular formula is C16H20N2O2S. The number of carbonyl (C=O) groups is 1. The lowest BCUT2D eigenvalue weighted by molar-refractivity contribution is -0.131. The van der Waals surface area contributed by atoms with E-state index < -0.39 is 0 Å². The molecule has 1 aromatic heterocycles. The van der Waals surface area contributed by atoms with Crippen LogP contribution >= 0.6 is 11.3 Å². The van der Waals surface area contributed by atoms with Crippen LogP contribution in [0.1, 0.15) is 24.3 Å². The van der Waals surface area contributed by atoms with Crippen LogP contribution in [0.3, 0.4) is 0 Å². The largest absolute Gasteiger partial charge is 0.376 e. The predicted molar refractivity (Wildman–Crippen MR) is 84.6 cm³/mol. The van der Waals surface area contributed by atoms with Gasteiger partial charge in [0.25, 0.3) is 0 Å². The average molecular weight is 304 g/mol. The molecule has 1 fully saturated rings. The molecule has 0 spiro atoms. The van der Waals surface area contributed by atoms with Crippen molar-refractivity contribution in [3.8, 4) is 0 Å². The van der Waals surface area contributed by atoms with Crippen molar-refractivity contribution in [2.45, 2.75) is 31.8 Å². The van der Waals surface area contributed by atoms with Gasteiger partial charge in [-0.25, -0.2) is 4.98 Å². The highest BCUT2D eigenvalue weighted by atomic mass is 32.1. The number of para-hydroxylation sites is 1. The molecule has 2 heterocycles. The fraction of sp³-hybridized carbons (Fsp3) is 0.500. The normalized spacial score (nSPS) is 18.2. The zero-order chi connectivity index (χ0) is 14.7. The number of carbonyl (C=O) groups excluding carboxylic acids is 1. The van der Waals surface area contributed by atoms with Crippen LogP contribution < -0.4 is 0 Å². The summed E-state index contributed by atoms with van der Waals surface area (Å²) >= 11 is 1.68. The van der Waals surface area contributed by atoms with Gasteiger partial charge in [-0.3, -0.25) is 4.79 Å². The predicted octanol–water partition coefficient (Wildman–Crippen LogP) is 2.87. The number of thiazole rings is 1. The molecule has 0 unspecified atom stereocenters. The van der Waals surface area contributed by atoms with Gasteiger partial charge >= 0.3 is 0 Å². The van der Waals surface area contributed by atoms with E-state index in [1.165, 1.54) is 4.70 Å². The molecule has 3 rings (SSSR count). The second kappa shape index (κ2) is 6.54. The Morgan fingerprint density at radius 3 is 3.10 bits per heavy atom. The maximum Gasteiger partial charge on any atom is 0.222 e. The number of aromatic nitrogens is 1. The van der Waals surface area contributed by atoms with E-state index in [0.717, 1.165) is 30.0 Å². The minimum absolute atomic E-state index is 0.171. The van der Waals surface area contributed by atoms with Gasteiger partial charge in [-0.2, -0.15) is 0 Å². The monoisotopic (exact) mass is 304 g/mol. The third kappa shape index (κ3) is 3.60. The molecule has 0 N–H and O–H groups in total. The number of hydrogen-bond donors (Lipinski definition) is 0. The van der Waals surface area contributed by atoms with Crippen molar-refractivity contribution in [2.24, 2.45) is 0 Å². The van der Waals surface area contributed by atoms with Crippen LogP contribution in [0.2, 0.25) is 0 Å². The van der Waals surface area contributed by atoms with Crippen molar-refractivity contribution in [2.75, 3.05) is 20.2 Å². The highest BCUT2D eigenvalue weighted by Crippen LogP contribution is 2.22. The molecule has 1 saturated heterocycles. The number of hydrogen-bond acceptors (Lipinski definition) is 4. The molecule has 112 valence electrons. The molecule has 0 saturated carbocycles. The first-order valence-electron chi connectivity index (χ1n) is 7.42. The summed E-state index contributed by atoms with van der Waals surface area (Å²) in [4.78, 5) is 18.5. The van der Waals surface area contributed by atoms with Crippen LogP contribution in [0.5, 0.6) is 0 Å². The van der Waals surface area contributed by atoms with Gasteiger partial charge in [0.05, 0.1) is 21.3 Å². The summed E-state index contributed by atoms with van der Waals surface area (Å²) in [6, 6.07) is 8.10. The molecule has 1 aromatic carbocycles. The Balaban J connectivity index is 1.52. The van der Waals surface area contributed by atoms with Gasteiger partial charge in [0.15, 0.2) is 0 Å². The second-order valence-electron chi connectivity index (χ2n) is 5.48. The minimum Gasteiger partial charge on any atom is -0.376 e. The number of nitrogens with zero attached hydrogens (tertiary/aromatic N) is 2. The van der Waals surface area contributed by atoms with E-state index in [4.69, 9.17) is 4.74 Å². The third-order valence-electron chi connectivity index (χ3n) is 3.82. The molecule has 0 aliphatic carbocycles. The maximum atomic E-state index is 12.2. The Morgan fingerprint density at radius 2 is 2.33 bits per heavy atom. The Kier molecular flexibility index (Phi) is 4.51. The summed E-state index contributed by atoms with van der Waals surface area (Å²) in [7, 11) is 1.86. The fourth-order valence-electron chi connectivity index (χ4n) is 2.63. The molecule has 21 heavy (non-hydrogen) atoms. The number of amides is 1. The van der Waals surface area contributed by atoms with E-state index in [-0.39, 0.29) is 12.0 Å². The molecular weight excluding hydrogens is 284 g/mol. The first kappa shape index (κ1) is 14.5. The standard InChI is InChI=1S/C16H20N2O2S/c1-18(11-12-5-4-10-20-12)16(19)9-8-15-17-13-6-2-3-7-14(13)21-15/h2-3,6-7,12H,4-5,8-11H2,1H3/t12-/m0/s1. The zero-order valence-electron chi connectivity index (χ0n) is 12.2. The van der Waals surface area contributed by atoms with Gasteiger partial charge in [-0.1, -0.05) is 12.1 Å². The Morgan fingerprint density at radius 1 is 1.48 bits per heavy atom. The molecule has 1 amide bonds. The average Bonchev–Trinajstić information content (AvgIpc) is 3.13. The Labute approximate surface area is 128 Å². The summed E-state index contributed by atoms with van der Waals surface area (Å²) in [5.41, 5.74) is 1.03. The Bertz CT molecular complexity index is 587. The highest BCUT2D eigenvalue weighted by Gasteiger charge is 2.20. The minimum atomic E-state index is 0.171. The molecule has 1 aliphatic rings. The number of likely N-dealkylation sites (N-methyl/N-ethyl adjacent to an activating group) is 1. The van der Waals surface area contributed by atoms with Crippen LogP contribution in [0.25, 0.3) is 10.2 Å². The van der Waals surface area contributed by atoms with Gasteiger partial charge in [0.2, 0.25) is 5.91 Å². The molecule has 0 bridgehead atoms. The molecule has 0 radical (unpaired) electrons. The lowest BCUT2D eigenvalue weighted by Crippen LogP contribution is -2.34. The van der Waals surface area contributed by atoms with Crippen molar-refractivity contribution in [3.05, 3.63) is 29.3 Å². The number of aryl methyl sites for hydroxylation is 1. The van der Waals surface area contributed by atoms with Gasteiger partial charge in [0, 0.05) is 33.0 Å². The van der Waals surface area contributed by atoms with Gasteiger partial charge in [-0.05, 0) is 25.0 Å². The van der Waals surface area contributed by atoms with Crippen LogP contribution in [-0.4, -0.2) is 42.1 Å². The van der Waals surface area contributed by atoms with Gasteiger partial charge in [-0.15, -0.1) is 11.3 Å². The van der Waals surface area contributed by atoms with Crippen LogP contribution in [-0.2, 0) is 16.0 Å². The quantitative estimate of drug-likeness (QED) is 0.853. The first-order valence-corrected chi connectivity index (χ1v) is 8.24. The summed E-state index contributed by atoms with van der Waals surface area (Å²) in [5, 5.41) is 1.04. The molecule has 2 aromatic rings. The van der Waals surface area contributed by atoms with Crippen molar-refractivity contribution >= 4 is 27.5 Å². The second-order valence-corrected chi connectivity index (χ2v) is 6.60. The number of rotatable bonds is 5. The van der Waals surface area contributed by atoms with Crippen molar-refractivity contribution in [1.29, 1.82) is 0 Å². The Hall–Kier alpha value is -1.46. The number of ether oxygens (including phenoxy) is 1. The molecule has 1 aliphatic heterocycles. The maximum absolute atomic E-state index is 12.2. The molecule has 5 heteroatoms. The third-order valence-corrected chi connectivity index (χ3v) is 4.91. The van der Waals surface area contributed by atoms with E-state index in [9.17, 15) is 4.79 Å². The summed E-state index contributed by atoms with van der Waals surface area (Å²) in [6.07, 6.45) is 3.63. The van der Waals surface area contributed by atoms with Gasteiger partial charge < -0.3 is 9.64 Å². The fourth-order valence-corrected chi connectivity index (χ4v) is 3.59. The first-order chi connectivity index (χ1) is 10.2. The van der Waals surface area contributed by atoms with Crippen molar-refractivity contribution in [3.63, 3.8) is 0 Å². The SMILES string of the molecule is CN(C[C@@H]1CCCO1)C(=O)CCc1nc2ccccc2s1. The van der Waals surface area contributed by atoms with Crippen LogP contribution in [0.4, 0.5) is 0 Å². The lowest BCUT2D eigenvalue weighted by Gasteiger charge is -2.20. The molecule has 4 nitrogen and oxygen atoms in total. The highest BCUT2D eigenvalue weighted by molar-refractivity contribution is 7.18. The topological polar surface area (TPSA) is 42.4 Å². The van der Waals surface area contributed by atoms with Crippen molar-refractivity contribution < 1.29 is 9.53 Å². The number of fused-ring (bicyclic) bond motifs is 1. The van der Waals surface area contributed by atoms with E-state index in [2.05, 4.69) is 11.1 Å². The van der Waals surface area contributed by atoms with Crippen LogP contribution in [0.15, 0.2) is 24.3 Å². The summed E-state index contributed by atoms with van der Waals surface area (Å²) in [5.74, 6) is 0.171. The summed E-state index contributed by atoms with van der Waals surface area (Å²) in [6.45, 7) is 1.54. The van der Waals surface area contributed by atoms with E-state index in [0.29, 0.717) is 19.4 Å². The van der Waals surface area contributed by atoms with Gasteiger partial charge in [0.1, 0.15) is 0 Å². The van der Waals surface area contributed by atoms with E-state index in [1.54, 1.807) is 16.2 Å². The lowest BCUT2D eigenvalue weighted by atomic mass is 10.2. The van der Waals surface area contributed by atoms with E-state index >= 15 is 0 Å². The zero-order valence-corrected chi connectivity index (χ0v) is 13.1. The number of benzene rings is 1. The van der Waals surface area contributed by atoms with Crippen molar-refractivity contribution in [1.82, 2.24) is 9.88 Å². The van der Waals surface area contributed by atoms with E-state index in [1.807, 2.05) is 25.2 Å². The summed E-state index contributed by atoms with van der Waals surface area (Å²) < 4.78 is 6.76. The smallest absolute Gasteiger partial charge is 0.222 e.